The fourth-order valence-electron chi connectivity index (χ4n) is 4.27. The number of piperidine rings is 1. The number of nitrogens with zero attached hydrogens (tertiary/aromatic N) is 1. The highest BCUT2D eigenvalue weighted by molar-refractivity contribution is 5.89. The van der Waals surface area contributed by atoms with E-state index in [0.29, 0.717) is 12.1 Å². The molecule has 0 radical (unpaired) electrons. The van der Waals surface area contributed by atoms with Crippen LogP contribution in [0.5, 0.6) is 0 Å². The first kappa shape index (κ1) is 18.5. The maximum atomic E-state index is 12.9. The predicted molar refractivity (Wildman–Crippen MR) is 111 cm³/mol. The highest BCUT2D eigenvalue weighted by Gasteiger charge is 2.47. The van der Waals surface area contributed by atoms with Gasteiger partial charge in [0.1, 0.15) is 6.10 Å². The molecule has 3 aromatic carbocycles. The third kappa shape index (κ3) is 3.46. The van der Waals surface area contributed by atoms with Crippen molar-refractivity contribution >= 4 is 5.97 Å². The van der Waals surface area contributed by atoms with E-state index in [-0.39, 0.29) is 17.5 Å². The minimum absolute atomic E-state index is 0.267. The van der Waals surface area contributed by atoms with E-state index in [4.69, 9.17) is 4.74 Å². The second-order valence-electron chi connectivity index (χ2n) is 7.48. The van der Waals surface area contributed by atoms with E-state index in [1.807, 2.05) is 42.5 Å². The molecular formula is C25H25NO2. The second kappa shape index (κ2) is 7.99. The molecule has 1 saturated heterocycles. The monoisotopic (exact) mass is 371 g/mol. The van der Waals surface area contributed by atoms with Gasteiger partial charge < -0.3 is 9.64 Å². The fraction of sp³-hybridized carbons (Fsp3) is 0.240. The molecule has 1 unspecified atom stereocenters. The zero-order valence-electron chi connectivity index (χ0n) is 16.1. The van der Waals surface area contributed by atoms with Crippen molar-refractivity contribution in [3.63, 3.8) is 0 Å². The lowest BCUT2D eigenvalue weighted by molar-refractivity contribution is -0.0161. The van der Waals surface area contributed by atoms with Gasteiger partial charge in [-0.25, -0.2) is 4.79 Å². The van der Waals surface area contributed by atoms with Gasteiger partial charge in [-0.05, 0) is 43.3 Å². The highest BCUT2D eigenvalue weighted by Crippen LogP contribution is 2.43. The lowest BCUT2D eigenvalue weighted by atomic mass is 9.66. The number of rotatable bonds is 4. The average molecular weight is 371 g/mol. The molecule has 1 heterocycles. The van der Waals surface area contributed by atoms with Gasteiger partial charge >= 0.3 is 5.97 Å². The van der Waals surface area contributed by atoms with E-state index >= 15 is 0 Å². The van der Waals surface area contributed by atoms with Crippen LogP contribution in [0.4, 0.5) is 0 Å². The van der Waals surface area contributed by atoms with Crippen LogP contribution in [0.1, 0.15) is 27.9 Å². The Morgan fingerprint density at radius 3 is 1.89 bits per heavy atom. The summed E-state index contributed by atoms with van der Waals surface area (Å²) in [7, 11) is 2.09. The topological polar surface area (TPSA) is 29.5 Å². The zero-order valence-corrected chi connectivity index (χ0v) is 16.1. The predicted octanol–water partition coefficient (Wildman–Crippen LogP) is 4.53. The van der Waals surface area contributed by atoms with Crippen molar-refractivity contribution in [1.29, 1.82) is 0 Å². The Morgan fingerprint density at radius 1 is 0.857 bits per heavy atom. The Labute approximate surface area is 166 Å². The molecule has 0 spiro atoms. The van der Waals surface area contributed by atoms with E-state index in [1.165, 1.54) is 11.1 Å². The zero-order chi connectivity index (χ0) is 19.4. The van der Waals surface area contributed by atoms with Gasteiger partial charge in [-0.2, -0.15) is 0 Å². The van der Waals surface area contributed by atoms with Gasteiger partial charge in [0.05, 0.1) is 11.0 Å². The third-order valence-electron chi connectivity index (χ3n) is 5.75. The van der Waals surface area contributed by atoms with E-state index in [0.717, 1.165) is 13.0 Å². The minimum atomic E-state index is -0.362. The van der Waals surface area contributed by atoms with Crippen LogP contribution in [0.2, 0.25) is 0 Å². The molecule has 4 rings (SSSR count). The van der Waals surface area contributed by atoms with Crippen molar-refractivity contribution in [2.24, 2.45) is 0 Å². The number of likely N-dealkylation sites (N-methyl/N-ethyl adjacent to an activating group) is 1. The van der Waals surface area contributed by atoms with Crippen LogP contribution in [-0.4, -0.2) is 37.1 Å². The molecule has 0 N–H and O–H groups in total. The van der Waals surface area contributed by atoms with Gasteiger partial charge in [-0.1, -0.05) is 78.9 Å². The number of carbonyl (C=O) groups is 1. The molecule has 0 bridgehead atoms. The molecule has 1 aliphatic heterocycles. The van der Waals surface area contributed by atoms with Crippen molar-refractivity contribution in [3.05, 3.63) is 108 Å². The van der Waals surface area contributed by atoms with Gasteiger partial charge in [0.2, 0.25) is 0 Å². The summed E-state index contributed by atoms with van der Waals surface area (Å²) in [6.07, 6.45) is 0.619. The molecule has 1 atom stereocenters. The van der Waals surface area contributed by atoms with Gasteiger partial charge in [-0.15, -0.1) is 0 Å². The summed E-state index contributed by atoms with van der Waals surface area (Å²) in [5, 5.41) is 0. The van der Waals surface area contributed by atoms with E-state index in [1.54, 1.807) is 0 Å². The molecule has 1 fully saturated rings. The van der Waals surface area contributed by atoms with E-state index in [9.17, 15) is 4.79 Å². The summed E-state index contributed by atoms with van der Waals surface area (Å²) in [4.78, 5) is 15.2. The van der Waals surface area contributed by atoms with Crippen LogP contribution < -0.4 is 0 Å². The normalized spacial score (nSPS) is 19.1. The number of hydrogen-bond donors (Lipinski definition) is 0. The summed E-state index contributed by atoms with van der Waals surface area (Å²) in [6, 6.07) is 30.2. The number of carbonyl (C=O) groups excluding carboxylic acids is 1. The first-order valence-corrected chi connectivity index (χ1v) is 9.76. The van der Waals surface area contributed by atoms with Crippen molar-refractivity contribution in [3.8, 4) is 0 Å². The highest BCUT2D eigenvalue weighted by atomic mass is 16.5. The van der Waals surface area contributed by atoms with E-state index in [2.05, 4.69) is 60.5 Å². The quantitative estimate of drug-likeness (QED) is 0.631. The molecular weight excluding hydrogens is 346 g/mol. The van der Waals surface area contributed by atoms with Crippen molar-refractivity contribution in [2.45, 2.75) is 17.9 Å². The Hall–Kier alpha value is -2.91. The van der Waals surface area contributed by atoms with Gasteiger partial charge in [0, 0.05) is 6.54 Å². The third-order valence-corrected chi connectivity index (χ3v) is 5.75. The van der Waals surface area contributed by atoms with Gasteiger partial charge in [0.15, 0.2) is 0 Å². The van der Waals surface area contributed by atoms with Crippen LogP contribution in [0.3, 0.4) is 0 Å². The first-order valence-electron chi connectivity index (χ1n) is 9.76. The van der Waals surface area contributed by atoms with Gasteiger partial charge in [-0.3, -0.25) is 0 Å². The van der Waals surface area contributed by atoms with Crippen LogP contribution >= 0.6 is 0 Å². The summed E-state index contributed by atoms with van der Waals surface area (Å²) in [6.45, 7) is 1.64. The van der Waals surface area contributed by atoms with Crippen LogP contribution in [0.15, 0.2) is 91.0 Å². The largest absolute Gasteiger partial charge is 0.456 e. The van der Waals surface area contributed by atoms with Gasteiger partial charge in [0.25, 0.3) is 0 Å². The number of hydrogen-bond acceptors (Lipinski definition) is 3. The lowest BCUT2D eigenvalue weighted by Crippen LogP contribution is -2.54. The van der Waals surface area contributed by atoms with Crippen LogP contribution in [0.25, 0.3) is 0 Å². The van der Waals surface area contributed by atoms with Crippen molar-refractivity contribution in [2.75, 3.05) is 20.1 Å². The molecule has 28 heavy (non-hydrogen) atoms. The van der Waals surface area contributed by atoms with Crippen LogP contribution in [0, 0.1) is 0 Å². The second-order valence-corrected chi connectivity index (χ2v) is 7.48. The number of esters is 1. The fourth-order valence-corrected chi connectivity index (χ4v) is 4.27. The number of likely N-dealkylation sites (tertiary alicyclic amines) is 1. The molecule has 0 aliphatic carbocycles. The molecule has 1 aliphatic rings. The minimum Gasteiger partial charge on any atom is -0.456 e. The average Bonchev–Trinajstić information content (AvgIpc) is 2.76. The maximum Gasteiger partial charge on any atom is 0.338 e. The Balaban J connectivity index is 1.79. The molecule has 3 aromatic rings. The Bertz CT molecular complexity index is 870. The van der Waals surface area contributed by atoms with Crippen LogP contribution in [-0.2, 0) is 10.2 Å². The number of benzene rings is 3. The Kier molecular flexibility index (Phi) is 5.27. The molecule has 3 nitrogen and oxygen atoms in total. The smallest absolute Gasteiger partial charge is 0.338 e. The van der Waals surface area contributed by atoms with E-state index < -0.39 is 0 Å². The SMILES string of the molecule is CN1CCC(c2ccccc2)(c2ccccc2)C(OC(=O)c2ccccc2)C1. The maximum absolute atomic E-state index is 12.9. The first-order chi connectivity index (χ1) is 13.7. The molecule has 0 saturated carbocycles. The summed E-state index contributed by atoms with van der Waals surface area (Å²) in [5.41, 5.74) is 2.62. The standard InChI is InChI=1S/C25H25NO2/c1-26-18-17-25(21-13-7-3-8-14-21,22-15-9-4-10-16-22)23(19-26)28-24(27)20-11-5-2-6-12-20/h2-16,23H,17-19H2,1H3. The lowest BCUT2D eigenvalue weighted by Gasteiger charge is -2.47. The Morgan fingerprint density at radius 2 is 1.36 bits per heavy atom. The van der Waals surface area contributed by atoms with Crippen molar-refractivity contribution in [1.82, 2.24) is 4.90 Å². The summed E-state index contributed by atoms with van der Waals surface area (Å²) >= 11 is 0. The molecule has 0 aromatic heterocycles. The molecule has 0 amide bonds. The number of ether oxygens (including phenoxy) is 1. The molecule has 3 heteroatoms. The molecule has 142 valence electrons. The van der Waals surface area contributed by atoms with Crippen molar-refractivity contribution < 1.29 is 9.53 Å². The summed E-state index contributed by atoms with van der Waals surface area (Å²) in [5.74, 6) is -0.267. The summed E-state index contributed by atoms with van der Waals surface area (Å²) < 4.78 is 6.19.